The van der Waals surface area contributed by atoms with Gasteiger partial charge in [-0.1, -0.05) is 18.2 Å². The number of carbonyl (C=O) groups excluding carboxylic acids is 1. The van der Waals surface area contributed by atoms with Crippen LogP contribution in [0.15, 0.2) is 24.3 Å². The Morgan fingerprint density at radius 3 is 2.78 bits per heavy atom. The predicted molar refractivity (Wildman–Crippen MR) is 57.9 cm³/mol. The molecule has 0 aromatic heterocycles. The molecule has 1 aromatic carbocycles. The Bertz CT molecular complexity index is 441. The fourth-order valence-electron chi connectivity index (χ4n) is 2.06. The third-order valence-corrected chi connectivity index (χ3v) is 2.96. The first-order chi connectivity index (χ1) is 8.60. The van der Waals surface area contributed by atoms with Gasteiger partial charge < -0.3 is 9.53 Å². The van der Waals surface area contributed by atoms with Crippen molar-refractivity contribution in [1.29, 1.82) is 0 Å². The number of hydrogen-bond acceptors (Lipinski definition) is 3. The Morgan fingerprint density at radius 2 is 2.17 bits per heavy atom. The monoisotopic (exact) mass is 259 g/mol. The molecule has 1 unspecified atom stereocenters. The molecule has 3 nitrogen and oxygen atoms in total. The Balaban J connectivity index is 2.44. The molecule has 1 fully saturated rings. The van der Waals surface area contributed by atoms with Crippen LogP contribution in [0.4, 0.5) is 13.2 Å². The second-order valence-corrected chi connectivity index (χ2v) is 4.15. The number of benzene rings is 1. The summed E-state index contributed by atoms with van der Waals surface area (Å²) in [6.07, 6.45) is -2.41. The minimum atomic E-state index is -2.89. The Labute approximate surface area is 102 Å². The quantitative estimate of drug-likeness (QED) is 0.835. The van der Waals surface area contributed by atoms with Gasteiger partial charge in [0.2, 0.25) is 0 Å². The van der Waals surface area contributed by atoms with Crippen LogP contribution in [0, 0.1) is 5.82 Å². The van der Waals surface area contributed by atoms with E-state index in [1.165, 1.54) is 18.2 Å². The molecular weight excluding hydrogens is 247 g/mol. The second kappa shape index (κ2) is 5.07. The van der Waals surface area contributed by atoms with E-state index < -0.39 is 23.8 Å². The molecule has 1 aliphatic heterocycles. The molecule has 1 aliphatic rings. The summed E-state index contributed by atoms with van der Waals surface area (Å²) in [4.78, 5) is 10.7. The number of ether oxygens (including phenoxy) is 1. The molecular formula is C12H12F3NO2. The summed E-state index contributed by atoms with van der Waals surface area (Å²) in [5.41, 5.74) is -2.17. The van der Waals surface area contributed by atoms with E-state index in [9.17, 15) is 18.0 Å². The molecule has 1 aromatic rings. The minimum absolute atomic E-state index is 0.00637. The number of rotatable bonds is 3. The van der Waals surface area contributed by atoms with Crippen molar-refractivity contribution in [1.82, 2.24) is 5.32 Å². The molecule has 1 N–H and O–H groups in total. The molecule has 6 heteroatoms. The number of hydrogen-bond donors (Lipinski definition) is 1. The van der Waals surface area contributed by atoms with E-state index in [1.807, 2.05) is 0 Å². The molecule has 0 spiro atoms. The van der Waals surface area contributed by atoms with Crippen molar-refractivity contribution >= 4 is 6.29 Å². The zero-order chi connectivity index (χ0) is 13.2. The topological polar surface area (TPSA) is 38.3 Å². The SMILES string of the molecule is O=CC1COC[C@](c2ccccc2F)(C(F)F)N1. The van der Waals surface area contributed by atoms with E-state index in [-0.39, 0.29) is 18.8 Å². The van der Waals surface area contributed by atoms with Crippen LogP contribution in [0.5, 0.6) is 0 Å². The van der Waals surface area contributed by atoms with Crippen molar-refractivity contribution in [2.45, 2.75) is 18.0 Å². The van der Waals surface area contributed by atoms with Crippen LogP contribution < -0.4 is 5.32 Å². The second-order valence-electron chi connectivity index (χ2n) is 4.15. The summed E-state index contributed by atoms with van der Waals surface area (Å²) in [6, 6.07) is 4.39. The lowest BCUT2D eigenvalue weighted by Gasteiger charge is -2.40. The van der Waals surface area contributed by atoms with E-state index in [4.69, 9.17) is 4.74 Å². The summed E-state index contributed by atoms with van der Waals surface area (Å²) in [6.45, 7) is -0.373. The molecule has 1 heterocycles. The first-order valence-electron chi connectivity index (χ1n) is 5.44. The third-order valence-electron chi connectivity index (χ3n) is 2.96. The van der Waals surface area contributed by atoms with Gasteiger partial charge in [-0.3, -0.25) is 5.32 Å². The first kappa shape index (κ1) is 13.0. The van der Waals surface area contributed by atoms with E-state index in [2.05, 4.69) is 5.32 Å². The van der Waals surface area contributed by atoms with Crippen LogP contribution in [0.1, 0.15) is 5.56 Å². The number of morpholine rings is 1. The first-order valence-corrected chi connectivity index (χ1v) is 5.44. The van der Waals surface area contributed by atoms with Crippen LogP contribution in [-0.2, 0) is 15.1 Å². The smallest absolute Gasteiger partial charge is 0.263 e. The average molecular weight is 259 g/mol. The molecule has 98 valence electrons. The zero-order valence-corrected chi connectivity index (χ0v) is 9.41. The highest BCUT2D eigenvalue weighted by atomic mass is 19.3. The molecule has 0 saturated carbocycles. The van der Waals surface area contributed by atoms with Gasteiger partial charge >= 0.3 is 0 Å². The molecule has 0 bridgehead atoms. The average Bonchev–Trinajstić information content (AvgIpc) is 2.39. The number of nitrogens with one attached hydrogen (secondary N) is 1. The maximum atomic E-state index is 13.7. The van der Waals surface area contributed by atoms with Gasteiger partial charge in [-0.15, -0.1) is 0 Å². The van der Waals surface area contributed by atoms with Crippen molar-refractivity contribution in [3.63, 3.8) is 0 Å². The van der Waals surface area contributed by atoms with E-state index in [0.717, 1.165) is 6.07 Å². The van der Waals surface area contributed by atoms with E-state index >= 15 is 0 Å². The standard InChI is InChI=1S/C12H12F3NO2/c13-10-4-2-1-3-9(10)12(11(14)15)7-18-6-8(5-17)16-12/h1-5,8,11,16H,6-7H2/t8?,12-/m0/s1. The highest BCUT2D eigenvalue weighted by Crippen LogP contribution is 2.33. The van der Waals surface area contributed by atoms with E-state index in [0.29, 0.717) is 6.29 Å². The number of halogens is 3. The van der Waals surface area contributed by atoms with Gasteiger partial charge in [0.25, 0.3) is 6.43 Å². The highest BCUT2D eigenvalue weighted by Gasteiger charge is 2.47. The molecule has 1 saturated heterocycles. The fraction of sp³-hybridized carbons (Fsp3) is 0.417. The maximum absolute atomic E-state index is 13.7. The van der Waals surface area contributed by atoms with Crippen molar-refractivity contribution in [3.05, 3.63) is 35.6 Å². The predicted octanol–water partition coefficient (Wildman–Crippen LogP) is 1.47. The van der Waals surface area contributed by atoms with Gasteiger partial charge in [-0.05, 0) is 6.07 Å². The number of aldehydes is 1. The van der Waals surface area contributed by atoms with Crippen molar-refractivity contribution in [2.75, 3.05) is 13.2 Å². The van der Waals surface area contributed by atoms with Gasteiger partial charge in [-0.2, -0.15) is 0 Å². The van der Waals surface area contributed by atoms with Gasteiger partial charge in [-0.25, -0.2) is 13.2 Å². The fourth-order valence-corrected chi connectivity index (χ4v) is 2.06. The normalized spacial score (nSPS) is 28.3. The summed E-state index contributed by atoms with van der Waals surface area (Å²) in [7, 11) is 0. The van der Waals surface area contributed by atoms with Crippen molar-refractivity contribution in [2.24, 2.45) is 0 Å². The van der Waals surface area contributed by atoms with Crippen molar-refractivity contribution < 1.29 is 22.7 Å². The Kier molecular flexibility index (Phi) is 3.68. The van der Waals surface area contributed by atoms with Gasteiger partial charge in [0, 0.05) is 5.56 Å². The molecule has 0 amide bonds. The molecule has 2 atom stereocenters. The zero-order valence-electron chi connectivity index (χ0n) is 9.41. The van der Waals surface area contributed by atoms with Gasteiger partial charge in [0.05, 0.1) is 19.3 Å². The Hall–Kier alpha value is -1.40. The number of alkyl halides is 2. The molecule has 2 rings (SSSR count). The van der Waals surface area contributed by atoms with Gasteiger partial charge in [0.15, 0.2) is 0 Å². The van der Waals surface area contributed by atoms with Crippen LogP contribution in [0.2, 0.25) is 0 Å². The minimum Gasteiger partial charge on any atom is -0.377 e. The molecule has 0 aliphatic carbocycles. The molecule has 18 heavy (non-hydrogen) atoms. The lowest BCUT2D eigenvalue weighted by atomic mass is 9.88. The van der Waals surface area contributed by atoms with Crippen LogP contribution in [0.25, 0.3) is 0 Å². The molecule has 0 radical (unpaired) electrons. The largest absolute Gasteiger partial charge is 0.377 e. The van der Waals surface area contributed by atoms with Crippen LogP contribution in [-0.4, -0.2) is 32.0 Å². The number of carbonyl (C=O) groups is 1. The summed E-state index contributed by atoms with van der Waals surface area (Å²) >= 11 is 0. The maximum Gasteiger partial charge on any atom is 0.263 e. The summed E-state index contributed by atoms with van der Waals surface area (Å²) in [5, 5.41) is 2.49. The van der Waals surface area contributed by atoms with E-state index in [1.54, 1.807) is 0 Å². The Morgan fingerprint density at radius 1 is 1.44 bits per heavy atom. The van der Waals surface area contributed by atoms with Crippen molar-refractivity contribution in [3.8, 4) is 0 Å². The van der Waals surface area contributed by atoms with Crippen LogP contribution in [0.3, 0.4) is 0 Å². The highest BCUT2D eigenvalue weighted by molar-refractivity contribution is 5.58. The summed E-state index contributed by atoms with van der Waals surface area (Å²) in [5.74, 6) is -0.750. The lowest BCUT2D eigenvalue weighted by Crippen LogP contribution is -2.61. The third kappa shape index (κ3) is 2.13. The lowest BCUT2D eigenvalue weighted by molar-refractivity contribution is -0.121. The van der Waals surface area contributed by atoms with Gasteiger partial charge in [0.1, 0.15) is 17.6 Å². The summed E-state index contributed by atoms with van der Waals surface area (Å²) < 4.78 is 45.4. The van der Waals surface area contributed by atoms with Crippen LogP contribution >= 0.6 is 0 Å².